The summed E-state index contributed by atoms with van der Waals surface area (Å²) in [6, 6.07) is 4.72. The van der Waals surface area contributed by atoms with Crippen LogP contribution in [0.1, 0.15) is 12.6 Å². The van der Waals surface area contributed by atoms with Crippen molar-refractivity contribution in [2.75, 3.05) is 11.9 Å². The van der Waals surface area contributed by atoms with E-state index in [-0.39, 0.29) is 18.2 Å². The highest BCUT2D eigenvalue weighted by Crippen LogP contribution is 2.25. The van der Waals surface area contributed by atoms with E-state index in [0.717, 1.165) is 0 Å². The van der Waals surface area contributed by atoms with Gasteiger partial charge in [-0.2, -0.15) is 0 Å². The fourth-order valence-electron chi connectivity index (χ4n) is 1.51. The summed E-state index contributed by atoms with van der Waals surface area (Å²) in [6.45, 7) is 2.10. The lowest BCUT2D eigenvalue weighted by Crippen LogP contribution is -2.07. The Bertz CT molecular complexity index is 618. The molecule has 1 heterocycles. The molecule has 0 aliphatic carbocycles. The molecular weight excluding hydrogens is 347 g/mol. The third-order valence-electron chi connectivity index (χ3n) is 2.36. The Hall–Kier alpha value is -1.47. The van der Waals surface area contributed by atoms with Crippen molar-refractivity contribution in [1.29, 1.82) is 0 Å². The molecular formula is C13H12BrFN2O2S. The van der Waals surface area contributed by atoms with Crippen molar-refractivity contribution in [2.45, 2.75) is 13.3 Å². The van der Waals surface area contributed by atoms with E-state index in [1.54, 1.807) is 24.4 Å². The van der Waals surface area contributed by atoms with Crippen LogP contribution in [0.3, 0.4) is 0 Å². The Morgan fingerprint density at radius 3 is 3.05 bits per heavy atom. The number of carbonyl (C=O) groups excluding carboxylic acids is 1. The van der Waals surface area contributed by atoms with Gasteiger partial charge in [0.2, 0.25) is 0 Å². The first-order chi connectivity index (χ1) is 9.58. The van der Waals surface area contributed by atoms with Crippen LogP contribution in [0.5, 0.6) is 0 Å². The van der Waals surface area contributed by atoms with Crippen molar-refractivity contribution in [3.05, 3.63) is 39.6 Å². The van der Waals surface area contributed by atoms with Crippen molar-refractivity contribution < 1.29 is 13.9 Å². The van der Waals surface area contributed by atoms with Crippen LogP contribution >= 0.6 is 27.3 Å². The minimum Gasteiger partial charge on any atom is -0.466 e. The van der Waals surface area contributed by atoms with Crippen LogP contribution < -0.4 is 5.32 Å². The summed E-state index contributed by atoms with van der Waals surface area (Å²) in [6.07, 6.45) is 0.120. The molecule has 2 aromatic rings. The quantitative estimate of drug-likeness (QED) is 0.823. The van der Waals surface area contributed by atoms with Crippen LogP contribution in [-0.2, 0) is 16.0 Å². The van der Waals surface area contributed by atoms with Gasteiger partial charge in [0.15, 0.2) is 5.13 Å². The van der Waals surface area contributed by atoms with Gasteiger partial charge in [-0.3, -0.25) is 4.79 Å². The lowest BCUT2D eigenvalue weighted by atomic mass is 10.3. The van der Waals surface area contributed by atoms with E-state index in [1.165, 1.54) is 17.4 Å². The van der Waals surface area contributed by atoms with Gasteiger partial charge in [-0.15, -0.1) is 11.3 Å². The highest BCUT2D eigenvalue weighted by molar-refractivity contribution is 9.10. The molecule has 0 saturated carbocycles. The van der Waals surface area contributed by atoms with Crippen LogP contribution in [0.15, 0.2) is 28.1 Å². The van der Waals surface area contributed by atoms with Gasteiger partial charge in [0, 0.05) is 9.85 Å². The number of aromatic nitrogens is 1. The number of hydrogen-bond acceptors (Lipinski definition) is 5. The smallest absolute Gasteiger partial charge is 0.311 e. The zero-order chi connectivity index (χ0) is 14.5. The SMILES string of the molecule is CCOC(=O)Cc1csc(Nc2ccc(Br)cc2F)n1. The summed E-state index contributed by atoms with van der Waals surface area (Å²) in [7, 11) is 0. The third-order valence-corrected chi connectivity index (χ3v) is 3.66. The monoisotopic (exact) mass is 358 g/mol. The Morgan fingerprint density at radius 2 is 2.35 bits per heavy atom. The molecule has 0 unspecified atom stereocenters. The van der Waals surface area contributed by atoms with Crippen molar-refractivity contribution >= 4 is 44.1 Å². The van der Waals surface area contributed by atoms with E-state index >= 15 is 0 Å². The fourth-order valence-corrected chi connectivity index (χ4v) is 2.57. The van der Waals surface area contributed by atoms with Crippen molar-refractivity contribution in [3.63, 3.8) is 0 Å². The molecule has 2 rings (SSSR count). The van der Waals surface area contributed by atoms with E-state index in [1.807, 2.05) is 0 Å². The van der Waals surface area contributed by atoms with E-state index in [2.05, 4.69) is 26.2 Å². The highest BCUT2D eigenvalue weighted by atomic mass is 79.9. The molecule has 0 fully saturated rings. The Morgan fingerprint density at radius 1 is 1.55 bits per heavy atom. The van der Waals surface area contributed by atoms with Gasteiger partial charge in [-0.05, 0) is 25.1 Å². The second-order valence-electron chi connectivity index (χ2n) is 3.87. The van der Waals surface area contributed by atoms with E-state index in [4.69, 9.17) is 4.74 Å². The summed E-state index contributed by atoms with van der Waals surface area (Å²) >= 11 is 4.50. The first kappa shape index (κ1) is 14.9. The van der Waals surface area contributed by atoms with Gasteiger partial charge >= 0.3 is 5.97 Å². The molecule has 1 N–H and O–H groups in total. The second kappa shape index (κ2) is 6.81. The maximum atomic E-state index is 13.7. The van der Waals surface area contributed by atoms with Crippen molar-refractivity contribution in [2.24, 2.45) is 0 Å². The minimum absolute atomic E-state index is 0.120. The summed E-state index contributed by atoms with van der Waals surface area (Å²) in [5.74, 6) is -0.694. The zero-order valence-corrected chi connectivity index (χ0v) is 13.1. The zero-order valence-electron chi connectivity index (χ0n) is 10.7. The largest absolute Gasteiger partial charge is 0.466 e. The van der Waals surface area contributed by atoms with Crippen LogP contribution in [0, 0.1) is 5.82 Å². The number of thiazole rings is 1. The lowest BCUT2D eigenvalue weighted by Gasteiger charge is -2.04. The predicted octanol–water partition coefficient (Wildman–Crippen LogP) is 3.89. The van der Waals surface area contributed by atoms with Crippen molar-refractivity contribution in [3.8, 4) is 0 Å². The van der Waals surface area contributed by atoms with E-state index in [0.29, 0.717) is 27.6 Å². The van der Waals surface area contributed by atoms with Crippen LogP contribution in [0.4, 0.5) is 15.2 Å². The van der Waals surface area contributed by atoms with E-state index < -0.39 is 0 Å². The standard InChI is InChI=1S/C13H12BrFN2O2S/c1-2-19-12(18)6-9-7-20-13(16-9)17-11-4-3-8(14)5-10(11)15/h3-5,7H,2,6H2,1H3,(H,16,17). The molecule has 0 spiro atoms. The number of benzene rings is 1. The first-order valence-corrected chi connectivity index (χ1v) is 7.58. The number of halogens is 2. The third kappa shape index (κ3) is 4.01. The Labute approximate surface area is 128 Å². The highest BCUT2D eigenvalue weighted by Gasteiger charge is 2.10. The average Bonchev–Trinajstić information content (AvgIpc) is 2.80. The van der Waals surface area contributed by atoms with E-state index in [9.17, 15) is 9.18 Å². The van der Waals surface area contributed by atoms with Gasteiger partial charge in [0.1, 0.15) is 5.82 Å². The minimum atomic E-state index is -0.374. The lowest BCUT2D eigenvalue weighted by molar-refractivity contribution is -0.142. The molecule has 0 bridgehead atoms. The van der Waals surface area contributed by atoms with Gasteiger partial charge in [0.05, 0.1) is 24.4 Å². The average molecular weight is 359 g/mol. The summed E-state index contributed by atoms with van der Waals surface area (Å²) in [4.78, 5) is 15.5. The van der Waals surface area contributed by atoms with Gasteiger partial charge in [-0.1, -0.05) is 15.9 Å². The number of nitrogens with one attached hydrogen (secondary N) is 1. The molecule has 106 valence electrons. The maximum Gasteiger partial charge on any atom is 0.311 e. The van der Waals surface area contributed by atoms with Gasteiger partial charge in [-0.25, -0.2) is 9.37 Å². The summed E-state index contributed by atoms with van der Waals surface area (Å²) in [5, 5.41) is 5.16. The molecule has 0 saturated heterocycles. The Balaban J connectivity index is 2.04. The molecule has 20 heavy (non-hydrogen) atoms. The molecule has 1 aromatic heterocycles. The first-order valence-electron chi connectivity index (χ1n) is 5.90. The number of carbonyl (C=O) groups is 1. The number of rotatable bonds is 5. The normalized spacial score (nSPS) is 10.3. The fraction of sp³-hybridized carbons (Fsp3) is 0.231. The van der Waals surface area contributed by atoms with Crippen LogP contribution in [-0.4, -0.2) is 17.6 Å². The van der Waals surface area contributed by atoms with Crippen LogP contribution in [0.2, 0.25) is 0 Å². The van der Waals surface area contributed by atoms with Crippen molar-refractivity contribution in [1.82, 2.24) is 4.98 Å². The molecule has 1 aromatic carbocycles. The number of anilines is 2. The number of ether oxygens (including phenoxy) is 1. The molecule has 0 aliphatic heterocycles. The number of hydrogen-bond donors (Lipinski definition) is 1. The molecule has 7 heteroatoms. The Kier molecular flexibility index (Phi) is 5.08. The molecule has 0 radical (unpaired) electrons. The molecule has 0 atom stereocenters. The summed E-state index contributed by atoms with van der Waals surface area (Å²) < 4.78 is 19.2. The van der Waals surface area contributed by atoms with Gasteiger partial charge in [0.25, 0.3) is 0 Å². The molecule has 0 aliphatic rings. The summed E-state index contributed by atoms with van der Waals surface area (Å²) in [5.41, 5.74) is 0.943. The molecule has 0 amide bonds. The van der Waals surface area contributed by atoms with Gasteiger partial charge < -0.3 is 10.1 Å². The number of nitrogens with zero attached hydrogens (tertiary/aromatic N) is 1. The maximum absolute atomic E-state index is 13.7. The topological polar surface area (TPSA) is 51.2 Å². The number of esters is 1. The predicted molar refractivity (Wildman–Crippen MR) is 79.8 cm³/mol. The van der Waals surface area contributed by atoms with Crippen LogP contribution in [0.25, 0.3) is 0 Å². The molecule has 4 nitrogen and oxygen atoms in total. The second-order valence-corrected chi connectivity index (χ2v) is 5.65.